The molecular formula is C60H42N2O. The topological polar surface area (TPSA) is 19.6 Å². The molecular weight excluding hydrogens is 765 g/mol. The third kappa shape index (κ3) is 7.32. The molecule has 63 heavy (non-hydrogen) atoms. The van der Waals surface area contributed by atoms with E-state index in [1.165, 1.54) is 22.3 Å². The van der Waals surface area contributed by atoms with Gasteiger partial charge in [-0.2, -0.15) is 0 Å². The average Bonchev–Trinajstić information content (AvgIpc) is 3.76. The van der Waals surface area contributed by atoms with Crippen LogP contribution in [0.3, 0.4) is 0 Å². The van der Waals surface area contributed by atoms with E-state index in [2.05, 4.69) is 252 Å². The molecule has 0 amide bonds. The lowest BCUT2D eigenvalue weighted by atomic mass is 9.95. The molecule has 0 bridgehead atoms. The van der Waals surface area contributed by atoms with Crippen LogP contribution in [0.2, 0.25) is 0 Å². The summed E-state index contributed by atoms with van der Waals surface area (Å²) < 4.78 is 6.56. The summed E-state index contributed by atoms with van der Waals surface area (Å²) in [7, 11) is 0. The smallest absolute Gasteiger partial charge is 0.159 e. The molecule has 0 unspecified atom stereocenters. The highest BCUT2D eigenvalue weighted by atomic mass is 16.3. The van der Waals surface area contributed by atoms with E-state index in [0.717, 1.165) is 78.3 Å². The summed E-state index contributed by atoms with van der Waals surface area (Å²) >= 11 is 0. The van der Waals surface area contributed by atoms with Crippen molar-refractivity contribution in [2.75, 3.05) is 9.80 Å². The Morgan fingerprint density at radius 1 is 0.254 bits per heavy atom. The molecule has 3 heteroatoms. The first-order valence-electron chi connectivity index (χ1n) is 21.4. The molecule has 1 heterocycles. The fourth-order valence-corrected chi connectivity index (χ4v) is 8.77. The van der Waals surface area contributed by atoms with E-state index in [0.29, 0.717) is 0 Å². The minimum Gasteiger partial charge on any atom is -0.454 e. The number of furan rings is 1. The van der Waals surface area contributed by atoms with Gasteiger partial charge in [0.2, 0.25) is 0 Å². The first-order valence-corrected chi connectivity index (χ1v) is 21.4. The lowest BCUT2D eigenvalue weighted by Gasteiger charge is -2.29. The molecule has 0 saturated carbocycles. The van der Waals surface area contributed by atoms with Gasteiger partial charge in [-0.15, -0.1) is 0 Å². The highest BCUT2D eigenvalue weighted by Crippen LogP contribution is 2.45. The molecule has 10 aromatic carbocycles. The summed E-state index contributed by atoms with van der Waals surface area (Å²) in [5.41, 5.74) is 17.4. The Bertz CT molecular complexity index is 3210. The first kappa shape index (κ1) is 37.6. The van der Waals surface area contributed by atoms with Crippen molar-refractivity contribution in [3.8, 4) is 44.5 Å². The summed E-state index contributed by atoms with van der Waals surface area (Å²) in [6.45, 7) is 0. The van der Waals surface area contributed by atoms with E-state index in [9.17, 15) is 0 Å². The minimum atomic E-state index is 0.865. The Morgan fingerprint density at radius 3 is 1.21 bits per heavy atom. The van der Waals surface area contributed by atoms with E-state index in [4.69, 9.17) is 4.42 Å². The van der Waals surface area contributed by atoms with Crippen molar-refractivity contribution in [1.82, 2.24) is 0 Å². The van der Waals surface area contributed by atoms with Gasteiger partial charge in [-0.3, -0.25) is 0 Å². The molecule has 3 nitrogen and oxygen atoms in total. The van der Waals surface area contributed by atoms with Crippen LogP contribution >= 0.6 is 0 Å². The van der Waals surface area contributed by atoms with Crippen LogP contribution in [0.1, 0.15) is 0 Å². The predicted molar refractivity (Wildman–Crippen MR) is 265 cm³/mol. The average molecular weight is 807 g/mol. The molecule has 0 saturated heterocycles. The summed E-state index contributed by atoms with van der Waals surface area (Å²) in [6.07, 6.45) is 0. The highest BCUT2D eigenvalue weighted by molar-refractivity contribution is 6.10. The van der Waals surface area contributed by atoms with Crippen LogP contribution in [-0.4, -0.2) is 0 Å². The highest BCUT2D eigenvalue weighted by Gasteiger charge is 2.21. The number of hydrogen-bond acceptors (Lipinski definition) is 3. The number of benzene rings is 10. The molecule has 11 rings (SSSR count). The van der Waals surface area contributed by atoms with Gasteiger partial charge in [-0.1, -0.05) is 182 Å². The molecule has 0 aliphatic rings. The molecule has 0 radical (unpaired) electrons. The SMILES string of the molecule is c1ccc(-c2ccc(N(c3ccc(-c4ccccc4)cc3)c3ccc(-c4ccc(N(c5ccccc5)c5cccc6c5oc5ccccc56)cc4)cc3-c3ccccc3)cc2)cc1. The number of para-hydroxylation sites is 3. The zero-order valence-corrected chi connectivity index (χ0v) is 34.6. The van der Waals surface area contributed by atoms with Gasteiger partial charge < -0.3 is 14.2 Å². The number of nitrogens with zero attached hydrogens (tertiary/aromatic N) is 2. The number of rotatable bonds is 10. The zero-order valence-electron chi connectivity index (χ0n) is 34.6. The maximum atomic E-state index is 6.56. The third-order valence-electron chi connectivity index (χ3n) is 11.9. The quantitative estimate of drug-likeness (QED) is 0.137. The summed E-state index contributed by atoms with van der Waals surface area (Å²) in [5.74, 6) is 0. The Labute approximate surface area is 368 Å². The van der Waals surface area contributed by atoms with Crippen LogP contribution in [0, 0.1) is 0 Å². The van der Waals surface area contributed by atoms with Gasteiger partial charge in [0.1, 0.15) is 5.58 Å². The number of anilines is 6. The molecule has 298 valence electrons. The minimum absolute atomic E-state index is 0.865. The van der Waals surface area contributed by atoms with Crippen molar-refractivity contribution in [3.05, 3.63) is 255 Å². The lowest BCUT2D eigenvalue weighted by Crippen LogP contribution is -2.11. The maximum absolute atomic E-state index is 6.56. The summed E-state index contributed by atoms with van der Waals surface area (Å²) in [6, 6.07) is 90.7. The second-order valence-corrected chi connectivity index (χ2v) is 15.7. The van der Waals surface area contributed by atoms with Gasteiger partial charge in [-0.25, -0.2) is 0 Å². The predicted octanol–water partition coefficient (Wildman–Crippen LogP) is 17.2. The van der Waals surface area contributed by atoms with Crippen molar-refractivity contribution in [1.29, 1.82) is 0 Å². The van der Waals surface area contributed by atoms with Crippen molar-refractivity contribution < 1.29 is 4.42 Å². The Morgan fingerprint density at radius 2 is 0.651 bits per heavy atom. The summed E-state index contributed by atoms with van der Waals surface area (Å²) in [4.78, 5) is 4.67. The normalized spacial score (nSPS) is 11.2. The maximum Gasteiger partial charge on any atom is 0.159 e. The van der Waals surface area contributed by atoms with Gasteiger partial charge in [0, 0.05) is 39.1 Å². The monoisotopic (exact) mass is 806 g/mol. The Kier molecular flexibility index (Phi) is 9.89. The zero-order chi connectivity index (χ0) is 42.0. The van der Waals surface area contributed by atoms with Crippen LogP contribution in [0.4, 0.5) is 34.1 Å². The fourth-order valence-electron chi connectivity index (χ4n) is 8.77. The lowest BCUT2D eigenvalue weighted by molar-refractivity contribution is 0.669. The van der Waals surface area contributed by atoms with E-state index in [-0.39, 0.29) is 0 Å². The fraction of sp³-hybridized carbons (Fsp3) is 0. The second-order valence-electron chi connectivity index (χ2n) is 15.7. The van der Waals surface area contributed by atoms with Crippen LogP contribution in [0.5, 0.6) is 0 Å². The number of fused-ring (bicyclic) bond motifs is 3. The summed E-state index contributed by atoms with van der Waals surface area (Å²) in [5, 5.41) is 2.21. The van der Waals surface area contributed by atoms with Gasteiger partial charge >= 0.3 is 0 Å². The van der Waals surface area contributed by atoms with E-state index >= 15 is 0 Å². The largest absolute Gasteiger partial charge is 0.454 e. The van der Waals surface area contributed by atoms with Crippen molar-refractivity contribution in [2.24, 2.45) is 0 Å². The molecule has 1 aromatic heterocycles. The second kappa shape index (κ2) is 16.6. The Balaban J connectivity index is 1.01. The van der Waals surface area contributed by atoms with Gasteiger partial charge in [0.15, 0.2) is 5.58 Å². The molecule has 0 spiro atoms. The molecule has 0 aliphatic heterocycles. The molecule has 0 fully saturated rings. The van der Waals surface area contributed by atoms with Crippen LogP contribution in [0.25, 0.3) is 66.4 Å². The van der Waals surface area contributed by atoms with Gasteiger partial charge in [0.25, 0.3) is 0 Å². The molecule has 0 atom stereocenters. The van der Waals surface area contributed by atoms with Crippen LogP contribution < -0.4 is 9.80 Å². The number of hydrogen-bond donors (Lipinski definition) is 0. The van der Waals surface area contributed by atoms with Crippen LogP contribution in [0.15, 0.2) is 259 Å². The molecule has 0 aliphatic carbocycles. The molecule has 11 aromatic rings. The van der Waals surface area contributed by atoms with E-state index in [1.807, 2.05) is 12.1 Å². The molecule has 0 N–H and O–H groups in total. The van der Waals surface area contributed by atoms with Crippen LogP contribution in [-0.2, 0) is 0 Å². The standard InChI is InChI=1S/C60H42N2O/c1-5-16-43(17-6-1)45-28-35-51(36-29-45)61(52-37-30-46(31-38-52)44-18-7-2-8-19-44)57-41-34-49(42-56(57)48-20-9-3-10-21-48)47-32-39-53(40-33-47)62(50-22-11-4-12-23-50)58-26-15-25-55-54-24-13-14-27-59(54)63-60(55)58/h1-42H. The van der Waals surface area contributed by atoms with Crippen molar-refractivity contribution in [2.45, 2.75) is 0 Å². The van der Waals surface area contributed by atoms with E-state index < -0.39 is 0 Å². The third-order valence-corrected chi connectivity index (χ3v) is 11.9. The van der Waals surface area contributed by atoms with Gasteiger partial charge in [-0.05, 0) is 112 Å². The van der Waals surface area contributed by atoms with Crippen molar-refractivity contribution in [3.63, 3.8) is 0 Å². The van der Waals surface area contributed by atoms with Crippen molar-refractivity contribution >= 4 is 56.1 Å². The van der Waals surface area contributed by atoms with E-state index in [1.54, 1.807) is 0 Å². The van der Waals surface area contributed by atoms with Gasteiger partial charge in [0.05, 0.1) is 11.4 Å². The Hall–Kier alpha value is -8.40. The first-order chi connectivity index (χ1) is 31.2.